The zero-order valence-electron chi connectivity index (χ0n) is 10.5. The van der Waals surface area contributed by atoms with Gasteiger partial charge < -0.3 is 10.2 Å². The molecule has 4 nitrogen and oxygen atoms in total. The zero-order chi connectivity index (χ0) is 14.5. The number of nitrogens with one attached hydrogen (secondary N) is 1. The Labute approximate surface area is 128 Å². The van der Waals surface area contributed by atoms with Gasteiger partial charge in [0, 0.05) is 20.3 Å². The molecule has 0 saturated carbocycles. The number of aliphatic hydroxyl groups excluding tert-OH is 1. The lowest BCUT2D eigenvalue weighted by Crippen LogP contribution is -2.19. The predicted molar refractivity (Wildman–Crippen MR) is 84.6 cm³/mol. The quantitative estimate of drug-likeness (QED) is 0.503. The largest absolute Gasteiger partial charge is 0.395 e. The summed E-state index contributed by atoms with van der Waals surface area (Å²) in [5, 5.41) is 11.8. The number of amides is 1. The predicted octanol–water partition coefficient (Wildman–Crippen LogP) is 1.99. The Morgan fingerprint density at radius 1 is 1.40 bits per heavy atom. The fourth-order valence-electron chi connectivity index (χ4n) is 1.83. The Hall–Kier alpha value is -0.810. The summed E-state index contributed by atoms with van der Waals surface area (Å²) in [6.45, 7) is -0.0683. The van der Waals surface area contributed by atoms with Crippen molar-refractivity contribution in [2.24, 2.45) is 0 Å². The van der Waals surface area contributed by atoms with Gasteiger partial charge in [0.05, 0.1) is 18.3 Å². The van der Waals surface area contributed by atoms with Crippen molar-refractivity contribution in [3.05, 3.63) is 34.7 Å². The van der Waals surface area contributed by atoms with Gasteiger partial charge >= 0.3 is 0 Å². The Morgan fingerprint density at radius 3 is 2.70 bits per heavy atom. The Bertz CT molecular complexity index is 562. The summed E-state index contributed by atoms with van der Waals surface area (Å²) in [5.74, 6) is -0.245. The third-order valence-corrected chi connectivity index (χ3v) is 5.99. The first-order valence-corrected chi connectivity index (χ1v) is 8.19. The van der Waals surface area contributed by atoms with Crippen molar-refractivity contribution in [3.8, 4) is 0 Å². The minimum atomic E-state index is -0.245. The number of hydrogen-bond donors (Lipinski definition) is 2. The molecule has 0 spiro atoms. The SMILES string of the molecule is O=C/C(CC(=O)NP)=C1\Sc2ccccc2SC1CO. The molecule has 2 rings (SSSR count). The van der Waals surface area contributed by atoms with Crippen molar-refractivity contribution in [1.29, 1.82) is 0 Å². The van der Waals surface area contributed by atoms with E-state index < -0.39 is 0 Å². The van der Waals surface area contributed by atoms with Crippen LogP contribution in [0.2, 0.25) is 0 Å². The highest BCUT2D eigenvalue weighted by Gasteiger charge is 2.27. The van der Waals surface area contributed by atoms with Crippen LogP contribution in [0.3, 0.4) is 0 Å². The van der Waals surface area contributed by atoms with Gasteiger partial charge in [-0.15, -0.1) is 11.8 Å². The van der Waals surface area contributed by atoms with E-state index >= 15 is 0 Å². The Balaban J connectivity index is 2.38. The minimum Gasteiger partial charge on any atom is -0.395 e. The summed E-state index contributed by atoms with van der Waals surface area (Å²) in [5.41, 5.74) is 0.427. The molecule has 1 amide bonds. The molecule has 0 bridgehead atoms. The first-order valence-electron chi connectivity index (χ1n) is 5.91. The first-order chi connectivity index (χ1) is 9.69. The smallest absolute Gasteiger partial charge is 0.227 e. The van der Waals surface area contributed by atoms with E-state index in [9.17, 15) is 14.7 Å². The van der Waals surface area contributed by atoms with Crippen molar-refractivity contribution in [3.63, 3.8) is 0 Å². The average Bonchev–Trinajstić information content (AvgIpc) is 2.50. The molecule has 2 N–H and O–H groups in total. The first kappa shape index (κ1) is 15.6. The van der Waals surface area contributed by atoms with E-state index in [0.29, 0.717) is 11.9 Å². The van der Waals surface area contributed by atoms with E-state index in [2.05, 4.69) is 14.5 Å². The van der Waals surface area contributed by atoms with Crippen molar-refractivity contribution in [1.82, 2.24) is 5.09 Å². The third-order valence-electron chi connectivity index (χ3n) is 2.77. The van der Waals surface area contributed by atoms with Crippen LogP contribution in [0.4, 0.5) is 0 Å². The van der Waals surface area contributed by atoms with Gasteiger partial charge in [-0.2, -0.15) is 0 Å². The van der Waals surface area contributed by atoms with Crippen molar-refractivity contribution in [2.45, 2.75) is 21.5 Å². The van der Waals surface area contributed by atoms with Gasteiger partial charge in [-0.1, -0.05) is 23.9 Å². The molecule has 1 aromatic rings. The maximum Gasteiger partial charge on any atom is 0.227 e. The number of thioether (sulfide) groups is 2. The zero-order valence-corrected chi connectivity index (χ0v) is 13.3. The lowest BCUT2D eigenvalue weighted by molar-refractivity contribution is -0.119. The fraction of sp³-hybridized carbons (Fsp3) is 0.231. The van der Waals surface area contributed by atoms with Crippen molar-refractivity contribution in [2.75, 3.05) is 6.61 Å². The molecule has 106 valence electrons. The second kappa shape index (κ2) is 7.27. The van der Waals surface area contributed by atoms with Gasteiger partial charge in [-0.3, -0.25) is 9.59 Å². The highest BCUT2D eigenvalue weighted by molar-refractivity contribution is 8.08. The third kappa shape index (κ3) is 3.44. The number of carbonyl (C=O) groups excluding carboxylic acids is 2. The molecule has 7 heteroatoms. The van der Waals surface area contributed by atoms with Crippen LogP contribution in [0, 0.1) is 0 Å². The van der Waals surface area contributed by atoms with Crippen LogP contribution in [0.5, 0.6) is 0 Å². The van der Waals surface area contributed by atoms with E-state index in [1.807, 2.05) is 24.3 Å². The van der Waals surface area contributed by atoms with Crippen LogP contribution < -0.4 is 5.09 Å². The lowest BCUT2D eigenvalue weighted by Gasteiger charge is -2.26. The molecule has 1 aliphatic rings. The van der Waals surface area contributed by atoms with Crippen LogP contribution in [0.15, 0.2) is 44.5 Å². The van der Waals surface area contributed by atoms with E-state index in [1.54, 1.807) is 0 Å². The average molecular weight is 327 g/mol. The highest BCUT2D eigenvalue weighted by atomic mass is 32.2. The molecule has 0 aromatic heterocycles. The molecule has 2 unspecified atom stereocenters. The number of hydrogen-bond acceptors (Lipinski definition) is 5. The molecular weight excluding hydrogens is 313 g/mol. The second-order valence-corrected chi connectivity index (χ2v) is 6.71. The van der Waals surface area contributed by atoms with Crippen LogP contribution >= 0.6 is 32.9 Å². The normalized spacial score (nSPS) is 20.0. The summed E-state index contributed by atoms with van der Waals surface area (Å²) < 4.78 is 0. The van der Waals surface area contributed by atoms with Crippen molar-refractivity contribution >= 4 is 45.1 Å². The van der Waals surface area contributed by atoms with E-state index in [1.165, 1.54) is 23.5 Å². The number of aliphatic hydroxyl groups is 1. The Kier molecular flexibility index (Phi) is 5.66. The van der Waals surface area contributed by atoms with Gasteiger partial charge in [0.25, 0.3) is 0 Å². The number of carbonyl (C=O) groups is 2. The van der Waals surface area contributed by atoms with Crippen molar-refractivity contribution < 1.29 is 14.7 Å². The molecule has 0 fully saturated rings. The van der Waals surface area contributed by atoms with Gasteiger partial charge in [0.1, 0.15) is 6.29 Å². The van der Waals surface area contributed by atoms with Crippen LogP contribution in [-0.2, 0) is 9.59 Å². The molecule has 0 radical (unpaired) electrons. The summed E-state index contributed by atoms with van der Waals surface area (Å²) in [6.07, 6.45) is 0.730. The lowest BCUT2D eigenvalue weighted by atomic mass is 10.1. The summed E-state index contributed by atoms with van der Waals surface area (Å²) in [6, 6.07) is 7.83. The molecule has 1 aliphatic heterocycles. The monoisotopic (exact) mass is 327 g/mol. The van der Waals surface area contributed by atoms with E-state index in [-0.39, 0.29) is 24.2 Å². The van der Waals surface area contributed by atoms with Crippen LogP contribution in [-0.4, -0.2) is 29.2 Å². The fourth-order valence-corrected chi connectivity index (χ4v) is 4.48. The molecule has 1 heterocycles. The van der Waals surface area contributed by atoms with E-state index in [4.69, 9.17) is 0 Å². The molecule has 1 aromatic carbocycles. The minimum absolute atomic E-state index is 0.0224. The summed E-state index contributed by atoms with van der Waals surface area (Å²) in [4.78, 5) is 25.6. The Morgan fingerprint density at radius 2 is 2.10 bits per heavy atom. The van der Waals surface area contributed by atoms with Gasteiger partial charge in [-0.05, 0) is 21.5 Å². The molecule has 0 saturated heterocycles. The summed E-state index contributed by atoms with van der Waals surface area (Å²) >= 11 is 2.97. The molecule has 20 heavy (non-hydrogen) atoms. The molecule has 2 atom stereocenters. The number of aldehydes is 1. The second-order valence-electron chi connectivity index (χ2n) is 4.09. The number of fused-ring (bicyclic) bond motifs is 1. The van der Waals surface area contributed by atoms with Gasteiger partial charge in [-0.25, -0.2) is 0 Å². The summed E-state index contributed by atoms with van der Waals surface area (Å²) in [7, 11) is 2.12. The van der Waals surface area contributed by atoms with Crippen LogP contribution in [0.25, 0.3) is 0 Å². The number of benzene rings is 1. The van der Waals surface area contributed by atoms with E-state index in [0.717, 1.165) is 14.7 Å². The van der Waals surface area contributed by atoms with Gasteiger partial charge in [0.15, 0.2) is 0 Å². The molecule has 0 aliphatic carbocycles. The molecular formula is C13H14NO3PS2. The topological polar surface area (TPSA) is 66.4 Å². The van der Waals surface area contributed by atoms with Crippen LogP contribution in [0.1, 0.15) is 6.42 Å². The standard InChI is InChI=1S/C13H14NO3PS2/c15-6-8(5-12(17)14-18)13-11(7-16)19-9-3-1-2-4-10(9)20-13/h1-4,6,11,16H,5,7,18H2,(H,14,17)/b13-8-. The van der Waals surface area contributed by atoms with Gasteiger partial charge in [0.2, 0.25) is 5.91 Å². The number of rotatable bonds is 4. The highest BCUT2D eigenvalue weighted by Crippen LogP contribution is 2.48. The maximum atomic E-state index is 11.5. The maximum absolute atomic E-state index is 11.5.